The molecule has 1 aliphatic heterocycles. The van der Waals surface area contributed by atoms with Crippen molar-refractivity contribution in [2.24, 2.45) is 0 Å². The first kappa shape index (κ1) is 22.5. The molecule has 4 rings (SSSR count). The lowest BCUT2D eigenvalue weighted by Crippen LogP contribution is -2.43. The molecule has 9 heteroatoms. The predicted octanol–water partition coefficient (Wildman–Crippen LogP) is 4.22. The topological polar surface area (TPSA) is 69.5 Å². The van der Waals surface area contributed by atoms with Gasteiger partial charge in [-0.25, -0.2) is 4.98 Å². The van der Waals surface area contributed by atoms with Gasteiger partial charge in [-0.3, -0.25) is 14.6 Å². The standard InChI is InChI=1S/C21H19ClN4O2S.ClH/c22-17-5-6-18-19(13-17)29-21(24-18)26(8-7-25-9-11-28-12-10-25)20(27)16-3-1-15(14-23)2-4-16;/h1-6,13H,7-12H2;1H. The summed E-state index contributed by atoms with van der Waals surface area (Å²) in [7, 11) is 0. The van der Waals surface area contributed by atoms with Crippen molar-refractivity contribution in [3.05, 3.63) is 58.6 Å². The van der Waals surface area contributed by atoms with Crippen LogP contribution in [0.1, 0.15) is 15.9 Å². The number of hydrogen-bond acceptors (Lipinski definition) is 6. The number of carbonyl (C=O) groups is 1. The lowest BCUT2D eigenvalue weighted by molar-refractivity contribution is 0.0391. The summed E-state index contributed by atoms with van der Waals surface area (Å²) in [5.41, 5.74) is 1.87. The van der Waals surface area contributed by atoms with Crippen LogP contribution in [0, 0.1) is 11.3 Å². The third-order valence-corrected chi connectivity index (χ3v) is 6.10. The van der Waals surface area contributed by atoms with Crippen molar-refractivity contribution in [3.8, 4) is 6.07 Å². The number of anilines is 1. The summed E-state index contributed by atoms with van der Waals surface area (Å²) in [6.45, 7) is 4.39. The highest BCUT2D eigenvalue weighted by molar-refractivity contribution is 7.22. The Labute approximate surface area is 190 Å². The van der Waals surface area contributed by atoms with Crippen molar-refractivity contribution < 1.29 is 9.53 Å². The van der Waals surface area contributed by atoms with Gasteiger partial charge in [-0.1, -0.05) is 22.9 Å². The molecule has 1 aromatic heterocycles. The van der Waals surface area contributed by atoms with Crippen molar-refractivity contribution in [3.63, 3.8) is 0 Å². The Balaban J connectivity index is 0.00000256. The normalized spacial score (nSPS) is 14.1. The number of amides is 1. The van der Waals surface area contributed by atoms with Gasteiger partial charge in [0, 0.05) is 36.8 Å². The first-order valence-electron chi connectivity index (χ1n) is 9.32. The summed E-state index contributed by atoms with van der Waals surface area (Å²) in [6.07, 6.45) is 0. The number of carbonyl (C=O) groups excluding carboxylic acids is 1. The highest BCUT2D eigenvalue weighted by Gasteiger charge is 2.23. The molecule has 3 aromatic rings. The molecule has 1 aliphatic rings. The van der Waals surface area contributed by atoms with Crippen molar-refractivity contribution in [1.29, 1.82) is 5.26 Å². The molecular weight excluding hydrogens is 443 g/mol. The second-order valence-electron chi connectivity index (χ2n) is 6.71. The van der Waals surface area contributed by atoms with Gasteiger partial charge in [0.15, 0.2) is 5.13 Å². The predicted molar refractivity (Wildman–Crippen MR) is 122 cm³/mol. The molecule has 2 heterocycles. The van der Waals surface area contributed by atoms with Gasteiger partial charge in [0.2, 0.25) is 0 Å². The Morgan fingerprint density at radius 2 is 1.97 bits per heavy atom. The first-order chi connectivity index (χ1) is 14.1. The Morgan fingerprint density at radius 1 is 1.23 bits per heavy atom. The zero-order valence-corrected chi connectivity index (χ0v) is 18.5. The summed E-state index contributed by atoms with van der Waals surface area (Å²) in [4.78, 5) is 22.0. The monoisotopic (exact) mass is 462 g/mol. The van der Waals surface area contributed by atoms with E-state index in [2.05, 4.69) is 16.0 Å². The summed E-state index contributed by atoms with van der Waals surface area (Å²) in [5, 5.41) is 10.3. The van der Waals surface area contributed by atoms with E-state index in [9.17, 15) is 4.79 Å². The number of thiazole rings is 1. The van der Waals surface area contributed by atoms with Crippen LogP contribution in [-0.4, -0.2) is 55.2 Å². The van der Waals surface area contributed by atoms with Crippen LogP contribution in [0.2, 0.25) is 5.02 Å². The number of benzene rings is 2. The molecule has 0 N–H and O–H groups in total. The smallest absolute Gasteiger partial charge is 0.260 e. The van der Waals surface area contributed by atoms with E-state index in [1.165, 1.54) is 11.3 Å². The van der Waals surface area contributed by atoms with E-state index in [4.69, 9.17) is 21.6 Å². The first-order valence-corrected chi connectivity index (χ1v) is 10.5. The molecule has 2 aromatic carbocycles. The van der Waals surface area contributed by atoms with Crippen LogP contribution in [0.3, 0.4) is 0 Å². The van der Waals surface area contributed by atoms with Gasteiger partial charge in [0.25, 0.3) is 5.91 Å². The van der Waals surface area contributed by atoms with E-state index >= 15 is 0 Å². The van der Waals surface area contributed by atoms with E-state index in [1.54, 1.807) is 35.2 Å². The summed E-state index contributed by atoms with van der Waals surface area (Å²) in [5.74, 6) is -0.132. The van der Waals surface area contributed by atoms with Gasteiger partial charge in [0.05, 0.1) is 35.1 Å². The lowest BCUT2D eigenvalue weighted by atomic mass is 10.1. The van der Waals surface area contributed by atoms with Crippen LogP contribution in [0.5, 0.6) is 0 Å². The van der Waals surface area contributed by atoms with Gasteiger partial charge < -0.3 is 4.74 Å². The van der Waals surface area contributed by atoms with E-state index in [0.717, 1.165) is 29.9 Å². The zero-order valence-electron chi connectivity index (χ0n) is 16.1. The maximum Gasteiger partial charge on any atom is 0.260 e. The van der Waals surface area contributed by atoms with Gasteiger partial charge in [-0.15, -0.1) is 12.4 Å². The Morgan fingerprint density at radius 3 is 2.67 bits per heavy atom. The van der Waals surface area contributed by atoms with Crippen LogP contribution in [0.4, 0.5) is 5.13 Å². The number of hydrogen-bond donors (Lipinski definition) is 0. The fourth-order valence-electron chi connectivity index (χ4n) is 3.20. The third-order valence-electron chi connectivity index (χ3n) is 4.82. The number of aromatic nitrogens is 1. The van der Waals surface area contributed by atoms with Crippen molar-refractivity contribution >= 4 is 56.6 Å². The van der Waals surface area contributed by atoms with Crippen LogP contribution in [0.25, 0.3) is 10.2 Å². The zero-order chi connectivity index (χ0) is 20.2. The van der Waals surface area contributed by atoms with Gasteiger partial charge >= 0.3 is 0 Å². The molecule has 0 atom stereocenters. The fourth-order valence-corrected chi connectivity index (χ4v) is 4.46. The quantitative estimate of drug-likeness (QED) is 0.567. The van der Waals surface area contributed by atoms with Crippen LogP contribution >= 0.6 is 35.3 Å². The molecule has 1 amide bonds. The second-order valence-corrected chi connectivity index (χ2v) is 8.15. The number of fused-ring (bicyclic) bond motifs is 1. The molecule has 156 valence electrons. The molecule has 30 heavy (non-hydrogen) atoms. The van der Waals surface area contributed by atoms with Crippen molar-refractivity contribution in [2.45, 2.75) is 0 Å². The van der Waals surface area contributed by atoms with E-state index in [0.29, 0.717) is 41.0 Å². The molecule has 1 fully saturated rings. The molecule has 0 saturated carbocycles. The van der Waals surface area contributed by atoms with Crippen LogP contribution in [-0.2, 0) is 4.74 Å². The Bertz CT molecular complexity index is 1060. The number of rotatable bonds is 5. The van der Waals surface area contributed by atoms with Crippen molar-refractivity contribution in [2.75, 3.05) is 44.3 Å². The van der Waals surface area contributed by atoms with Gasteiger partial charge in [0.1, 0.15) is 0 Å². The highest BCUT2D eigenvalue weighted by Crippen LogP contribution is 2.31. The van der Waals surface area contributed by atoms with E-state index in [1.807, 2.05) is 12.1 Å². The molecule has 1 saturated heterocycles. The highest BCUT2D eigenvalue weighted by atomic mass is 35.5. The van der Waals surface area contributed by atoms with E-state index in [-0.39, 0.29) is 18.3 Å². The number of ether oxygens (including phenoxy) is 1. The summed E-state index contributed by atoms with van der Waals surface area (Å²) in [6, 6.07) is 14.3. The molecule has 0 bridgehead atoms. The fraction of sp³-hybridized carbons (Fsp3) is 0.286. The molecular formula is C21H20Cl2N4O2S. The summed E-state index contributed by atoms with van der Waals surface area (Å²) < 4.78 is 6.35. The number of nitriles is 1. The number of halogens is 2. The third kappa shape index (κ3) is 5.09. The maximum absolute atomic E-state index is 13.3. The molecule has 0 spiro atoms. The Kier molecular flexibility index (Phi) is 7.64. The maximum atomic E-state index is 13.3. The van der Waals surface area contributed by atoms with Gasteiger partial charge in [-0.05, 0) is 42.5 Å². The average molecular weight is 463 g/mol. The molecule has 0 aliphatic carbocycles. The minimum atomic E-state index is -0.132. The second kappa shape index (κ2) is 10.2. The Hall–Kier alpha value is -2.21. The largest absolute Gasteiger partial charge is 0.379 e. The lowest BCUT2D eigenvalue weighted by Gasteiger charge is -2.29. The molecule has 0 radical (unpaired) electrons. The number of nitrogens with zero attached hydrogens (tertiary/aromatic N) is 4. The van der Waals surface area contributed by atoms with Crippen LogP contribution in [0.15, 0.2) is 42.5 Å². The van der Waals surface area contributed by atoms with E-state index < -0.39 is 0 Å². The van der Waals surface area contributed by atoms with Crippen molar-refractivity contribution in [1.82, 2.24) is 9.88 Å². The minimum absolute atomic E-state index is 0. The van der Waals surface area contributed by atoms with Gasteiger partial charge in [-0.2, -0.15) is 5.26 Å². The molecule has 0 unspecified atom stereocenters. The SMILES string of the molecule is Cl.N#Cc1ccc(C(=O)N(CCN2CCOCC2)c2nc3ccc(Cl)cc3s2)cc1. The molecule has 6 nitrogen and oxygen atoms in total. The number of morpholine rings is 1. The summed E-state index contributed by atoms with van der Waals surface area (Å²) >= 11 is 7.56. The average Bonchev–Trinajstić information content (AvgIpc) is 3.17. The van der Waals surface area contributed by atoms with Crippen LogP contribution < -0.4 is 4.90 Å². The minimum Gasteiger partial charge on any atom is -0.379 e.